The van der Waals surface area contributed by atoms with Gasteiger partial charge in [-0.2, -0.15) is 0 Å². The van der Waals surface area contributed by atoms with Crippen LogP contribution in [0.4, 0.5) is 5.13 Å². The molecular formula is C19H17BrN4O3S. The summed E-state index contributed by atoms with van der Waals surface area (Å²) in [7, 11) is 1.55. The monoisotopic (exact) mass is 460 g/mol. The van der Waals surface area contributed by atoms with Gasteiger partial charge in [0, 0.05) is 28.6 Å². The van der Waals surface area contributed by atoms with Crippen LogP contribution in [0.5, 0.6) is 5.75 Å². The molecule has 0 aliphatic heterocycles. The van der Waals surface area contributed by atoms with Crippen LogP contribution in [0.2, 0.25) is 0 Å². The molecule has 0 fully saturated rings. The van der Waals surface area contributed by atoms with Gasteiger partial charge < -0.3 is 10.1 Å². The van der Waals surface area contributed by atoms with Crippen molar-refractivity contribution < 1.29 is 14.3 Å². The number of carbonyl (C=O) groups is 2. The molecule has 0 radical (unpaired) electrons. The zero-order valence-corrected chi connectivity index (χ0v) is 17.3. The zero-order chi connectivity index (χ0) is 19.9. The Kier molecular flexibility index (Phi) is 6.72. The summed E-state index contributed by atoms with van der Waals surface area (Å²) in [5.74, 6) is 0.161. The number of ether oxygens (including phenoxy) is 1. The van der Waals surface area contributed by atoms with Crippen molar-refractivity contribution in [1.82, 2.24) is 15.5 Å². The number of anilines is 1. The second-order valence-electron chi connectivity index (χ2n) is 5.70. The number of carbonyl (C=O) groups excluding carboxylic acids is 2. The predicted molar refractivity (Wildman–Crippen MR) is 111 cm³/mol. The van der Waals surface area contributed by atoms with E-state index in [1.807, 2.05) is 6.07 Å². The number of benzene rings is 2. The molecule has 7 nitrogen and oxygen atoms in total. The average molecular weight is 461 g/mol. The molecule has 9 heteroatoms. The highest BCUT2D eigenvalue weighted by Crippen LogP contribution is 2.18. The standard InChI is InChI=1S/C19H17BrN4O3S/c1-27-15-7-3-5-13(11-15)18(26)22-19-24-23-16(28-19)8-9-21-17(25)12-4-2-6-14(20)10-12/h2-7,10-11H,8-9H2,1H3,(H,21,25)(H,22,24,26). The molecule has 0 atom stereocenters. The Morgan fingerprint density at radius 1 is 1.07 bits per heavy atom. The molecule has 0 aliphatic rings. The van der Waals surface area contributed by atoms with E-state index in [4.69, 9.17) is 4.74 Å². The molecule has 0 bridgehead atoms. The van der Waals surface area contributed by atoms with Crippen LogP contribution in [0.3, 0.4) is 0 Å². The topological polar surface area (TPSA) is 93.2 Å². The second kappa shape index (κ2) is 9.43. The summed E-state index contributed by atoms with van der Waals surface area (Å²) in [6.45, 7) is 0.420. The van der Waals surface area contributed by atoms with Crippen LogP contribution in [-0.2, 0) is 6.42 Å². The first-order valence-corrected chi connectivity index (χ1v) is 9.97. The van der Waals surface area contributed by atoms with Crippen LogP contribution < -0.4 is 15.4 Å². The van der Waals surface area contributed by atoms with Gasteiger partial charge in [-0.1, -0.05) is 39.4 Å². The van der Waals surface area contributed by atoms with Gasteiger partial charge in [-0.25, -0.2) is 0 Å². The summed E-state index contributed by atoms with van der Waals surface area (Å²) in [5, 5.41) is 14.7. The Bertz CT molecular complexity index is 993. The number of halogens is 1. The molecule has 2 amide bonds. The third kappa shape index (κ3) is 5.37. The number of nitrogens with one attached hydrogen (secondary N) is 2. The van der Waals surface area contributed by atoms with Crippen LogP contribution in [0, 0.1) is 0 Å². The molecule has 1 heterocycles. The molecule has 2 N–H and O–H groups in total. The van der Waals surface area contributed by atoms with Gasteiger partial charge in [-0.3, -0.25) is 14.9 Å². The first kappa shape index (κ1) is 20.0. The highest BCUT2D eigenvalue weighted by molar-refractivity contribution is 9.10. The molecule has 3 aromatic rings. The van der Waals surface area contributed by atoms with E-state index in [2.05, 4.69) is 36.8 Å². The van der Waals surface area contributed by atoms with Crippen molar-refractivity contribution in [1.29, 1.82) is 0 Å². The Morgan fingerprint density at radius 2 is 1.82 bits per heavy atom. The highest BCUT2D eigenvalue weighted by atomic mass is 79.9. The number of rotatable bonds is 7. The number of methoxy groups -OCH3 is 1. The van der Waals surface area contributed by atoms with Gasteiger partial charge in [0.25, 0.3) is 11.8 Å². The van der Waals surface area contributed by atoms with E-state index in [0.717, 1.165) is 9.48 Å². The lowest BCUT2D eigenvalue weighted by Gasteiger charge is -2.04. The summed E-state index contributed by atoms with van der Waals surface area (Å²) >= 11 is 4.62. The van der Waals surface area contributed by atoms with Gasteiger partial charge in [0.15, 0.2) is 0 Å². The van der Waals surface area contributed by atoms with Gasteiger partial charge in [0.05, 0.1) is 7.11 Å². The quantitative estimate of drug-likeness (QED) is 0.562. The van der Waals surface area contributed by atoms with Crippen molar-refractivity contribution in [2.24, 2.45) is 0 Å². The van der Waals surface area contributed by atoms with Gasteiger partial charge in [-0.05, 0) is 36.4 Å². The number of nitrogens with zero attached hydrogens (tertiary/aromatic N) is 2. The second-order valence-corrected chi connectivity index (χ2v) is 7.68. The largest absolute Gasteiger partial charge is 0.497 e. The van der Waals surface area contributed by atoms with E-state index in [9.17, 15) is 9.59 Å². The average Bonchev–Trinajstić information content (AvgIpc) is 3.15. The molecule has 144 valence electrons. The number of aromatic nitrogens is 2. The lowest BCUT2D eigenvalue weighted by atomic mass is 10.2. The summed E-state index contributed by atoms with van der Waals surface area (Å²) in [4.78, 5) is 24.4. The fourth-order valence-corrected chi connectivity index (χ4v) is 3.49. The summed E-state index contributed by atoms with van der Waals surface area (Å²) in [6.07, 6.45) is 0.520. The predicted octanol–water partition coefficient (Wildman–Crippen LogP) is 3.53. The van der Waals surface area contributed by atoms with E-state index in [1.54, 1.807) is 49.6 Å². The Balaban J connectivity index is 1.51. The maximum Gasteiger partial charge on any atom is 0.257 e. The van der Waals surface area contributed by atoms with Crippen LogP contribution in [0.15, 0.2) is 53.0 Å². The lowest BCUT2D eigenvalue weighted by molar-refractivity contribution is 0.0953. The molecule has 0 saturated carbocycles. The van der Waals surface area contributed by atoms with Gasteiger partial charge >= 0.3 is 0 Å². The first-order valence-electron chi connectivity index (χ1n) is 8.36. The van der Waals surface area contributed by atoms with Crippen molar-refractivity contribution in [3.63, 3.8) is 0 Å². The molecule has 1 aromatic heterocycles. The van der Waals surface area contributed by atoms with Crippen LogP contribution in [0.1, 0.15) is 25.7 Å². The molecule has 3 rings (SSSR count). The zero-order valence-electron chi connectivity index (χ0n) is 14.9. The van der Waals surface area contributed by atoms with Crippen molar-refractivity contribution in [3.05, 3.63) is 69.1 Å². The molecular weight excluding hydrogens is 444 g/mol. The van der Waals surface area contributed by atoms with E-state index >= 15 is 0 Å². The fourth-order valence-electron chi connectivity index (χ4n) is 2.35. The van der Waals surface area contributed by atoms with Gasteiger partial charge in [0.2, 0.25) is 5.13 Å². The molecule has 2 aromatic carbocycles. The van der Waals surface area contributed by atoms with Crippen molar-refractivity contribution in [3.8, 4) is 5.75 Å². The minimum absolute atomic E-state index is 0.155. The molecule has 0 saturated heterocycles. The van der Waals surface area contributed by atoms with Crippen LogP contribution >= 0.6 is 27.3 Å². The van der Waals surface area contributed by atoms with Crippen molar-refractivity contribution >= 4 is 44.2 Å². The maximum atomic E-state index is 12.3. The molecule has 28 heavy (non-hydrogen) atoms. The van der Waals surface area contributed by atoms with E-state index in [1.165, 1.54) is 11.3 Å². The number of amides is 2. The Labute approximate surface area is 174 Å². The fraction of sp³-hybridized carbons (Fsp3) is 0.158. The Hall–Kier alpha value is -2.78. The molecule has 0 spiro atoms. The number of hydrogen-bond donors (Lipinski definition) is 2. The summed E-state index contributed by atoms with van der Waals surface area (Å²) in [6, 6.07) is 14.0. The molecule has 0 unspecified atom stereocenters. The normalized spacial score (nSPS) is 10.4. The van der Waals surface area contributed by atoms with E-state index in [-0.39, 0.29) is 11.8 Å². The maximum absolute atomic E-state index is 12.3. The van der Waals surface area contributed by atoms with E-state index in [0.29, 0.717) is 35.0 Å². The van der Waals surface area contributed by atoms with Gasteiger partial charge in [-0.15, -0.1) is 10.2 Å². The van der Waals surface area contributed by atoms with E-state index < -0.39 is 0 Å². The minimum Gasteiger partial charge on any atom is -0.497 e. The third-order valence-corrected chi connectivity index (χ3v) is 5.12. The van der Waals surface area contributed by atoms with Crippen LogP contribution in [-0.4, -0.2) is 35.7 Å². The highest BCUT2D eigenvalue weighted by Gasteiger charge is 2.12. The lowest BCUT2D eigenvalue weighted by Crippen LogP contribution is -2.25. The molecule has 0 aliphatic carbocycles. The first-order chi connectivity index (χ1) is 13.5. The Morgan fingerprint density at radius 3 is 2.57 bits per heavy atom. The minimum atomic E-state index is -0.287. The van der Waals surface area contributed by atoms with Crippen molar-refractivity contribution in [2.75, 3.05) is 19.0 Å². The van der Waals surface area contributed by atoms with Crippen LogP contribution in [0.25, 0.3) is 0 Å². The van der Waals surface area contributed by atoms with Crippen molar-refractivity contribution in [2.45, 2.75) is 6.42 Å². The summed E-state index contributed by atoms with van der Waals surface area (Å²) < 4.78 is 5.97. The number of hydrogen-bond acceptors (Lipinski definition) is 6. The summed E-state index contributed by atoms with van der Waals surface area (Å²) in [5.41, 5.74) is 1.05. The SMILES string of the molecule is COc1cccc(C(=O)Nc2nnc(CCNC(=O)c3cccc(Br)c3)s2)c1. The van der Waals surface area contributed by atoms with Gasteiger partial charge in [0.1, 0.15) is 10.8 Å². The smallest absolute Gasteiger partial charge is 0.257 e. The third-order valence-electron chi connectivity index (χ3n) is 3.73.